The fourth-order valence-electron chi connectivity index (χ4n) is 0.743. The number of aromatic hydroxyl groups is 2. The van der Waals surface area contributed by atoms with E-state index in [1.807, 2.05) is 0 Å². The van der Waals surface area contributed by atoms with Crippen molar-refractivity contribution < 1.29 is 10.2 Å². The molecule has 11 heavy (non-hydrogen) atoms. The van der Waals surface area contributed by atoms with Gasteiger partial charge in [-0.3, -0.25) is 0 Å². The Morgan fingerprint density at radius 1 is 1.00 bits per heavy atom. The van der Waals surface area contributed by atoms with E-state index in [0.29, 0.717) is 0 Å². The third-order valence-corrected chi connectivity index (χ3v) is 1.05. The Morgan fingerprint density at radius 3 is 1.64 bits per heavy atom. The van der Waals surface area contributed by atoms with Crippen LogP contribution in [0.15, 0.2) is 18.2 Å². The zero-order valence-corrected chi connectivity index (χ0v) is 6.70. The molecule has 0 amide bonds. The molecule has 0 aromatic heterocycles. The lowest BCUT2D eigenvalue weighted by Crippen LogP contribution is -1.70. The van der Waals surface area contributed by atoms with Gasteiger partial charge in [0.25, 0.3) is 0 Å². The van der Waals surface area contributed by atoms with Crippen molar-refractivity contribution in [1.29, 1.82) is 0 Å². The molecule has 3 nitrogen and oxygen atoms in total. The summed E-state index contributed by atoms with van der Waals surface area (Å²) in [6.07, 6.45) is 0. The Bertz CT molecular complexity index is 173. The maximum Gasteiger partial charge on any atom is 0.119 e. The Balaban J connectivity index is 0.000000461. The van der Waals surface area contributed by atoms with Crippen LogP contribution in [0.1, 0.15) is 5.56 Å². The van der Waals surface area contributed by atoms with E-state index < -0.39 is 0 Å². The van der Waals surface area contributed by atoms with Gasteiger partial charge in [0.05, 0.1) is 0 Å². The number of hydrogen-bond acceptors (Lipinski definition) is 3. The zero-order valence-electron chi connectivity index (χ0n) is 6.70. The van der Waals surface area contributed by atoms with Gasteiger partial charge >= 0.3 is 0 Å². The highest BCUT2D eigenvalue weighted by Crippen LogP contribution is 2.18. The Kier molecular flexibility index (Phi) is 4.07. The largest absolute Gasteiger partial charge is 0.508 e. The molecule has 0 bridgehead atoms. The summed E-state index contributed by atoms with van der Waals surface area (Å²) in [7, 11) is 1.50. The second kappa shape index (κ2) is 4.57. The maximum absolute atomic E-state index is 8.83. The van der Waals surface area contributed by atoms with Crippen molar-refractivity contribution in [1.82, 2.24) is 0 Å². The van der Waals surface area contributed by atoms with Crippen LogP contribution < -0.4 is 5.73 Å². The minimum atomic E-state index is 0.104. The minimum absolute atomic E-state index is 0.104. The maximum atomic E-state index is 8.83. The molecule has 0 saturated heterocycles. The van der Waals surface area contributed by atoms with Crippen molar-refractivity contribution in [3.8, 4) is 11.5 Å². The van der Waals surface area contributed by atoms with Crippen LogP contribution in [0.25, 0.3) is 0 Å². The molecule has 0 aliphatic heterocycles. The van der Waals surface area contributed by atoms with Crippen molar-refractivity contribution in [2.45, 2.75) is 6.92 Å². The molecule has 4 N–H and O–H groups in total. The van der Waals surface area contributed by atoms with E-state index in [9.17, 15) is 0 Å². The summed E-state index contributed by atoms with van der Waals surface area (Å²) >= 11 is 0. The normalized spacial score (nSPS) is 8.27. The number of nitrogens with two attached hydrogens (primary N) is 1. The summed E-state index contributed by atoms with van der Waals surface area (Å²) in [5.41, 5.74) is 5.35. The predicted molar refractivity (Wildman–Crippen MR) is 44.6 cm³/mol. The lowest BCUT2D eigenvalue weighted by atomic mass is 10.2. The molecule has 0 spiro atoms. The van der Waals surface area contributed by atoms with Gasteiger partial charge in [-0.2, -0.15) is 0 Å². The van der Waals surface area contributed by atoms with Crippen molar-refractivity contribution in [2.24, 2.45) is 5.73 Å². The Hall–Kier alpha value is -1.22. The van der Waals surface area contributed by atoms with Gasteiger partial charge < -0.3 is 15.9 Å². The molecular weight excluding hydrogens is 142 g/mol. The van der Waals surface area contributed by atoms with Crippen molar-refractivity contribution in [3.05, 3.63) is 23.8 Å². The fourth-order valence-corrected chi connectivity index (χ4v) is 0.743. The molecule has 0 saturated carbocycles. The van der Waals surface area contributed by atoms with Crippen molar-refractivity contribution in [2.75, 3.05) is 7.05 Å². The van der Waals surface area contributed by atoms with Gasteiger partial charge in [0.15, 0.2) is 0 Å². The standard InChI is InChI=1S/C7H8O2.CH5N/c1-5-2-6(8)4-7(9)3-5;1-2/h2-4,8-9H,1H3;2H2,1H3. The average molecular weight is 155 g/mol. The number of phenolic OH excluding ortho intramolecular Hbond substituents is 2. The smallest absolute Gasteiger partial charge is 0.119 e. The van der Waals surface area contributed by atoms with Crippen LogP contribution >= 0.6 is 0 Å². The van der Waals surface area contributed by atoms with E-state index >= 15 is 0 Å². The molecule has 0 atom stereocenters. The summed E-state index contributed by atoms with van der Waals surface area (Å²) in [5.74, 6) is 0.208. The highest BCUT2D eigenvalue weighted by molar-refractivity contribution is 5.35. The molecule has 0 unspecified atom stereocenters. The fraction of sp³-hybridized carbons (Fsp3) is 0.250. The van der Waals surface area contributed by atoms with Crippen LogP contribution in [0.5, 0.6) is 11.5 Å². The Labute approximate surface area is 66.1 Å². The van der Waals surface area contributed by atoms with E-state index in [2.05, 4.69) is 5.73 Å². The van der Waals surface area contributed by atoms with Gasteiger partial charge in [0.2, 0.25) is 0 Å². The predicted octanol–water partition coefficient (Wildman–Crippen LogP) is 0.981. The quantitative estimate of drug-likeness (QED) is 0.523. The molecular formula is C8H13NO2. The van der Waals surface area contributed by atoms with Gasteiger partial charge in [-0.1, -0.05) is 0 Å². The van der Waals surface area contributed by atoms with Gasteiger partial charge in [-0.15, -0.1) is 0 Å². The average Bonchev–Trinajstić information content (AvgIpc) is 1.88. The monoisotopic (exact) mass is 155 g/mol. The molecule has 0 aliphatic carbocycles. The summed E-state index contributed by atoms with van der Waals surface area (Å²) in [5, 5.41) is 17.7. The molecule has 1 rings (SSSR count). The summed E-state index contributed by atoms with van der Waals surface area (Å²) in [4.78, 5) is 0. The molecule has 0 aliphatic rings. The number of hydrogen-bond donors (Lipinski definition) is 3. The number of rotatable bonds is 0. The van der Waals surface area contributed by atoms with E-state index in [1.165, 1.54) is 13.1 Å². The van der Waals surface area contributed by atoms with E-state index in [0.717, 1.165) is 5.56 Å². The van der Waals surface area contributed by atoms with E-state index in [-0.39, 0.29) is 11.5 Å². The van der Waals surface area contributed by atoms with Crippen LogP contribution in [0.4, 0.5) is 0 Å². The number of benzene rings is 1. The highest BCUT2D eigenvalue weighted by Gasteiger charge is 1.91. The molecule has 1 aromatic rings. The van der Waals surface area contributed by atoms with Crippen LogP contribution in [-0.2, 0) is 0 Å². The van der Waals surface area contributed by atoms with Gasteiger partial charge in [-0.25, -0.2) is 0 Å². The molecule has 1 aromatic carbocycles. The summed E-state index contributed by atoms with van der Waals surface area (Å²) in [6.45, 7) is 1.80. The SMILES string of the molecule is CN.Cc1cc(O)cc(O)c1. The first kappa shape index (κ1) is 9.78. The van der Waals surface area contributed by atoms with Crippen molar-refractivity contribution >= 4 is 0 Å². The van der Waals surface area contributed by atoms with Crippen LogP contribution in [0.3, 0.4) is 0 Å². The van der Waals surface area contributed by atoms with Gasteiger partial charge in [-0.05, 0) is 31.7 Å². The lowest BCUT2D eigenvalue weighted by Gasteiger charge is -1.94. The zero-order chi connectivity index (χ0) is 8.85. The van der Waals surface area contributed by atoms with Crippen LogP contribution in [-0.4, -0.2) is 17.3 Å². The third kappa shape index (κ3) is 3.47. The molecule has 0 fully saturated rings. The van der Waals surface area contributed by atoms with E-state index in [1.54, 1.807) is 19.1 Å². The first-order valence-corrected chi connectivity index (χ1v) is 3.26. The third-order valence-electron chi connectivity index (χ3n) is 1.05. The second-order valence-electron chi connectivity index (χ2n) is 2.03. The van der Waals surface area contributed by atoms with Crippen LogP contribution in [0, 0.1) is 6.92 Å². The first-order valence-electron chi connectivity index (χ1n) is 3.26. The number of phenols is 2. The molecule has 0 heterocycles. The second-order valence-corrected chi connectivity index (χ2v) is 2.03. The molecule has 62 valence electrons. The summed E-state index contributed by atoms with van der Waals surface area (Å²) in [6, 6.07) is 4.46. The highest BCUT2D eigenvalue weighted by atomic mass is 16.3. The first-order chi connectivity index (χ1) is 5.18. The molecule has 0 radical (unpaired) electrons. The summed E-state index contributed by atoms with van der Waals surface area (Å²) < 4.78 is 0. The lowest BCUT2D eigenvalue weighted by molar-refractivity contribution is 0.450. The molecule has 3 heteroatoms. The van der Waals surface area contributed by atoms with Crippen molar-refractivity contribution in [3.63, 3.8) is 0 Å². The minimum Gasteiger partial charge on any atom is -0.508 e. The Morgan fingerprint density at radius 2 is 1.36 bits per heavy atom. The van der Waals surface area contributed by atoms with Gasteiger partial charge in [0.1, 0.15) is 11.5 Å². The van der Waals surface area contributed by atoms with Crippen LogP contribution in [0.2, 0.25) is 0 Å². The topological polar surface area (TPSA) is 66.5 Å². The van der Waals surface area contributed by atoms with Gasteiger partial charge in [0, 0.05) is 6.07 Å². The van der Waals surface area contributed by atoms with E-state index in [4.69, 9.17) is 10.2 Å². The number of aryl methyl sites for hydroxylation is 1.